The Morgan fingerprint density at radius 3 is 2.33 bits per heavy atom. The molecule has 88 valence electrons. The van der Waals surface area contributed by atoms with E-state index in [0.717, 1.165) is 13.1 Å². The summed E-state index contributed by atoms with van der Waals surface area (Å²) in [6, 6.07) is 0. The Hall–Kier alpha value is -0.530. The summed E-state index contributed by atoms with van der Waals surface area (Å²) in [5.41, 5.74) is 0. The van der Waals surface area contributed by atoms with Crippen molar-refractivity contribution in [3.8, 4) is 0 Å². The minimum Gasteiger partial charge on any atom is -0.359 e. The van der Waals surface area contributed by atoms with E-state index >= 15 is 0 Å². The molecule has 0 amide bonds. The van der Waals surface area contributed by atoms with Gasteiger partial charge in [-0.1, -0.05) is 45.4 Å². The number of nitrogens with zero attached hydrogens (tertiary/aromatic N) is 2. The van der Waals surface area contributed by atoms with Crippen molar-refractivity contribution < 1.29 is 0 Å². The Kier molecular flexibility index (Phi) is 6.45. The molecule has 1 aliphatic heterocycles. The molecule has 0 aliphatic carbocycles. The van der Waals surface area contributed by atoms with Gasteiger partial charge in [-0.25, -0.2) is 0 Å². The van der Waals surface area contributed by atoms with E-state index in [0.29, 0.717) is 0 Å². The van der Waals surface area contributed by atoms with E-state index in [2.05, 4.69) is 23.7 Å². The SMILES string of the molecule is CCCCCCCCCN1CCN=C1C. The normalized spacial score (nSPS) is 15.9. The molecular weight excluding hydrogens is 184 g/mol. The second kappa shape index (κ2) is 7.72. The molecule has 1 heterocycles. The molecule has 2 heteroatoms. The summed E-state index contributed by atoms with van der Waals surface area (Å²) < 4.78 is 0. The van der Waals surface area contributed by atoms with Crippen molar-refractivity contribution >= 4 is 5.84 Å². The van der Waals surface area contributed by atoms with Gasteiger partial charge in [-0.3, -0.25) is 4.99 Å². The molecule has 0 aromatic heterocycles. The molecule has 15 heavy (non-hydrogen) atoms. The lowest BCUT2D eigenvalue weighted by Crippen LogP contribution is -2.26. The zero-order valence-corrected chi connectivity index (χ0v) is 10.5. The van der Waals surface area contributed by atoms with E-state index in [1.807, 2.05) is 0 Å². The molecule has 1 aliphatic rings. The molecule has 0 N–H and O–H groups in total. The highest BCUT2D eigenvalue weighted by Crippen LogP contribution is 2.09. The Morgan fingerprint density at radius 2 is 1.73 bits per heavy atom. The largest absolute Gasteiger partial charge is 0.359 e. The van der Waals surface area contributed by atoms with Crippen molar-refractivity contribution in [2.24, 2.45) is 4.99 Å². The molecule has 0 unspecified atom stereocenters. The molecule has 0 saturated heterocycles. The van der Waals surface area contributed by atoms with Crippen LogP contribution in [0, 0.1) is 0 Å². The van der Waals surface area contributed by atoms with Crippen molar-refractivity contribution in [1.82, 2.24) is 4.90 Å². The molecule has 0 radical (unpaired) electrons. The van der Waals surface area contributed by atoms with Gasteiger partial charge in [0.15, 0.2) is 0 Å². The molecule has 0 atom stereocenters. The average Bonchev–Trinajstić information content (AvgIpc) is 2.63. The predicted octanol–water partition coefficient (Wildman–Crippen LogP) is 3.47. The minimum absolute atomic E-state index is 1.02. The zero-order valence-electron chi connectivity index (χ0n) is 10.5. The Balaban J connectivity index is 1.87. The highest BCUT2D eigenvalue weighted by atomic mass is 15.2. The van der Waals surface area contributed by atoms with E-state index in [4.69, 9.17) is 0 Å². The fourth-order valence-corrected chi connectivity index (χ4v) is 2.13. The van der Waals surface area contributed by atoms with Gasteiger partial charge >= 0.3 is 0 Å². The van der Waals surface area contributed by atoms with Crippen LogP contribution >= 0.6 is 0 Å². The second-order valence-corrected chi connectivity index (χ2v) is 4.54. The van der Waals surface area contributed by atoms with Crippen LogP contribution in [0.4, 0.5) is 0 Å². The maximum Gasteiger partial charge on any atom is 0.0958 e. The first-order chi connectivity index (χ1) is 7.34. The predicted molar refractivity (Wildman–Crippen MR) is 67.5 cm³/mol. The number of amidine groups is 1. The summed E-state index contributed by atoms with van der Waals surface area (Å²) in [5.74, 6) is 1.25. The van der Waals surface area contributed by atoms with E-state index in [1.165, 1.54) is 57.3 Å². The summed E-state index contributed by atoms with van der Waals surface area (Å²) in [5, 5.41) is 0. The van der Waals surface area contributed by atoms with Gasteiger partial charge in [-0.15, -0.1) is 0 Å². The Morgan fingerprint density at radius 1 is 1.07 bits per heavy atom. The van der Waals surface area contributed by atoms with Gasteiger partial charge < -0.3 is 4.90 Å². The summed E-state index contributed by atoms with van der Waals surface area (Å²) in [6.45, 7) is 7.80. The molecule has 0 spiro atoms. The molecule has 0 aromatic carbocycles. The standard InChI is InChI=1S/C13H26N2/c1-3-4-5-6-7-8-9-11-15-12-10-14-13(15)2/h3-12H2,1-2H3. The smallest absolute Gasteiger partial charge is 0.0958 e. The van der Waals surface area contributed by atoms with Crippen molar-refractivity contribution in [2.45, 2.75) is 58.8 Å². The molecule has 0 aromatic rings. The third-order valence-electron chi connectivity index (χ3n) is 3.20. The lowest BCUT2D eigenvalue weighted by atomic mass is 10.1. The number of rotatable bonds is 8. The maximum absolute atomic E-state index is 4.40. The highest BCUT2D eigenvalue weighted by Gasteiger charge is 2.10. The molecule has 0 saturated carbocycles. The summed E-state index contributed by atoms with van der Waals surface area (Å²) >= 11 is 0. The van der Waals surface area contributed by atoms with Gasteiger partial charge in [-0.2, -0.15) is 0 Å². The fourth-order valence-electron chi connectivity index (χ4n) is 2.13. The van der Waals surface area contributed by atoms with Crippen LogP contribution in [-0.4, -0.2) is 30.4 Å². The average molecular weight is 210 g/mol. The molecule has 1 rings (SSSR count). The van der Waals surface area contributed by atoms with E-state index < -0.39 is 0 Å². The van der Waals surface area contributed by atoms with Crippen molar-refractivity contribution in [3.63, 3.8) is 0 Å². The van der Waals surface area contributed by atoms with Crippen LogP contribution in [0.25, 0.3) is 0 Å². The first-order valence-corrected chi connectivity index (χ1v) is 6.60. The molecule has 0 bridgehead atoms. The van der Waals surface area contributed by atoms with Crippen molar-refractivity contribution in [3.05, 3.63) is 0 Å². The second-order valence-electron chi connectivity index (χ2n) is 4.54. The van der Waals surface area contributed by atoms with Crippen molar-refractivity contribution in [1.29, 1.82) is 0 Å². The van der Waals surface area contributed by atoms with E-state index in [-0.39, 0.29) is 0 Å². The quantitative estimate of drug-likeness (QED) is 0.560. The van der Waals surface area contributed by atoms with E-state index in [1.54, 1.807) is 0 Å². The van der Waals surface area contributed by atoms with Gasteiger partial charge in [0.1, 0.15) is 0 Å². The first-order valence-electron chi connectivity index (χ1n) is 6.60. The van der Waals surface area contributed by atoms with Gasteiger partial charge in [0.25, 0.3) is 0 Å². The number of unbranched alkanes of at least 4 members (excludes halogenated alkanes) is 6. The van der Waals surface area contributed by atoms with Gasteiger partial charge in [-0.05, 0) is 13.3 Å². The van der Waals surface area contributed by atoms with Crippen LogP contribution in [-0.2, 0) is 0 Å². The number of hydrogen-bond donors (Lipinski definition) is 0. The van der Waals surface area contributed by atoms with E-state index in [9.17, 15) is 0 Å². The lowest BCUT2D eigenvalue weighted by molar-refractivity contribution is 0.429. The number of aliphatic imine (C=N–C) groups is 1. The third-order valence-corrected chi connectivity index (χ3v) is 3.20. The summed E-state index contributed by atoms with van der Waals surface area (Å²) in [4.78, 5) is 6.82. The molecular formula is C13H26N2. The highest BCUT2D eigenvalue weighted by molar-refractivity contribution is 5.81. The minimum atomic E-state index is 1.02. The van der Waals surface area contributed by atoms with Crippen LogP contribution in [0.3, 0.4) is 0 Å². The number of hydrogen-bond acceptors (Lipinski definition) is 2. The monoisotopic (exact) mass is 210 g/mol. The topological polar surface area (TPSA) is 15.6 Å². The Labute approximate surface area is 94.8 Å². The van der Waals surface area contributed by atoms with Crippen LogP contribution in [0.5, 0.6) is 0 Å². The fraction of sp³-hybridized carbons (Fsp3) is 0.923. The van der Waals surface area contributed by atoms with Crippen LogP contribution < -0.4 is 0 Å². The maximum atomic E-state index is 4.40. The van der Waals surface area contributed by atoms with Crippen LogP contribution in [0.15, 0.2) is 4.99 Å². The van der Waals surface area contributed by atoms with Crippen LogP contribution in [0.1, 0.15) is 58.8 Å². The zero-order chi connectivity index (χ0) is 10.9. The Bertz CT molecular complexity index is 187. The lowest BCUT2D eigenvalue weighted by Gasteiger charge is -2.17. The van der Waals surface area contributed by atoms with Gasteiger partial charge in [0.2, 0.25) is 0 Å². The van der Waals surface area contributed by atoms with Gasteiger partial charge in [0.05, 0.1) is 12.4 Å². The third kappa shape index (κ3) is 5.19. The first kappa shape index (κ1) is 12.5. The summed E-state index contributed by atoms with van der Waals surface area (Å²) in [6.07, 6.45) is 9.79. The van der Waals surface area contributed by atoms with Crippen molar-refractivity contribution in [2.75, 3.05) is 19.6 Å². The summed E-state index contributed by atoms with van der Waals surface area (Å²) in [7, 11) is 0. The molecule has 2 nitrogen and oxygen atoms in total. The van der Waals surface area contributed by atoms with Gasteiger partial charge in [0, 0.05) is 13.1 Å². The molecule has 0 fully saturated rings. The van der Waals surface area contributed by atoms with Crippen LogP contribution in [0.2, 0.25) is 0 Å².